The minimum atomic E-state index is -0.482. The normalized spacial score (nSPS) is 10.3. The van der Waals surface area contributed by atoms with Gasteiger partial charge in [-0.25, -0.2) is 14.6 Å². The number of aryl methyl sites for hydroxylation is 1. The first-order chi connectivity index (χ1) is 8.42. The van der Waals surface area contributed by atoms with Gasteiger partial charge in [-0.1, -0.05) is 13.8 Å². The Morgan fingerprint density at radius 3 is 2.06 bits per heavy atom. The van der Waals surface area contributed by atoms with E-state index in [9.17, 15) is 9.59 Å². The molecule has 98 valence electrons. The highest BCUT2D eigenvalue weighted by Gasteiger charge is 2.26. The van der Waals surface area contributed by atoms with Crippen LogP contribution in [0.2, 0.25) is 0 Å². The number of ether oxygens (including phenoxy) is 2. The largest absolute Gasteiger partial charge is 0.465 e. The Balaban J connectivity index is 3.45. The number of hydrogen-bond acceptors (Lipinski definition) is 4. The topological polar surface area (TPSA) is 66.7 Å². The molecular weight excluding hydrogens is 234 g/mol. The minimum Gasteiger partial charge on any atom is -0.465 e. The van der Waals surface area contributed by atoms with Gasteiger partial charge in [-0.3, -0.25) is 0 Å². The summed E-state index contributed by atoms with van der Waals surface area (Å²) < 4.78 is 9.40. The van der Waals surface area contributed by atoms with Crippen molar-refractivity contribution in [2.45, 2.75) is 26.7 Å². The van der Waals surface area contributed by atoms with Crippen LogP contribution < -0.4 is 4.98 Å². The van der Waals surface area contributed by atoms with Crippen molar-refractivity contribution in [1.82, 2.24) is 0 Å². The number of aromatic amines is 1. The second kappa shape index (κ2) is 5.62. The number of aromatic nitrogens is 1. The van der Waals surface area contributed by atoms with E-state index in [1.807, 2.05) is 13.8 Å². The van der Waals surface area contributed by atoms with E-state index < -0.39 is 11.9 Å². The molecule has 0 bridgehead atoms. The molecule has 0 unspecified atom stereocenters. The molecule has 0 saturated carbocycles. The van der Waals surface area contributed by atoms with Gasteiger partial charge in [-0.2, -0.15) is 0 Å². The average molecular weight is 252 g/mol. The number of hydrogen-bond donors (Lipinski definition) is 0. The third-order valence-corrected chi connectivity index (χ3v) is 2.69. The van der Waals surface area contributed by atoms with Crippen LogP contribution in [0.15, 0.2) is 6.07 Å². The highest BCUT2D eigenvalue weighted by atomic mass is 16.5. The fourth-order valence-electron chi connectivity index (χ4n) is 1.72. The maximum atomic E-state index is 11.7. The van der Waals surface area contributed by atoms with Crippen molar-refractivity contribution in [2.75, 3.05) is 14.2 Å². The first-order valence-corrected chi connectivity index (χ1v) is 5.65. The van der Waals surface area contributed by atoms with Crippen molar-refractivity contribution < 1.29 is 24.0 Å². The minimum absolute atomic E-state index is 0.115. The summed E-state index contributed by atoms with van der Waals surface area (Å²) in [5.74, 6) is -0.839. The van der Waals surface area contributed by atoms with Crippen LogP contribution in [-0.2, 0) is 9.47 Å². The summed E-state index contributed by atoms with van der Waals surface area (Å²) in [5.41, 5.74) is 2.10. The Morgan fingerprint density at radius 1 is 1.11 bits per heavy atom. The molecule has 5 nitrogen and oxygen atoms in total. The molecule has 0 aromatic carbocycles. The zero-order chi connectivity index (χ0) is 13.9. The molecule has 1 aromatic rings. The van der Waals surface area contributed by atoms with Crippen LogP contribution in [0.4, 0.5) is 0 Å². The van der Waals surface area contributed by atoms with Crippen LogP contribution in [-0.4, -0.2) is 26.2 Å². The first-order valence-electron chi connectivity index (χ1n) is 5.65. The highest BCUT2D eigenvalue weighted by Crippen LogP contribution is 2.18. The van der Waals surface area contributed by atoms with E-state index in [0.717, 1.165) is 5.69 Å². The Kier molecular flexibility index (Phi) is 4.42. The third-order valence-electron chi connectivity index (χ3n) is 2.69. The van der Waals surface area contributed by atoms with Crippen LogP contribution in [0.25, 0.3) is 0 Å². The number of H-pyrrole nitrogens is 1. The summed E-state index contributed by atoms with van der Waals surface area (Å²) in [7, 11) is 2.61. The van der Waals surface area contributed by atoms with Crippen molar-refractivity contribution in [1.29, 1.82) is 0 Å². The van der Waals surface area contributed by atoms with Crippen LogP contribution in [0.3, 0.4) is 0 Å². The molecule has 18 heavy (non-hydrogen) atoms. The molecule has 0 aliphatic rings. The van der Waals surface area contributed by atoms with Gasteiger partial charge >= 0.3 is 11.9 Å². The van der Waals surface area contributed by atoms with Crippen molar-refractivity contribution in [2.24, 2.45) is 0 Å². The van der Waals surface area contributed by atoms with Crippen LogP contribution in [0.5, 0.6) is 0 Å². The van der Waals surface area contributed by atoms with E-state index in [-0.39, 0.29) is 5.92 Å². The molecule has 1 aromatic heterocycles. The van der Waals surface area contributed by atoms with E-state index in [1.165, 1.54) is 20.3 Å². The Morgan fingerprint density at radius 2 is 1.61 bits per heavy atom. The number of methoxy groups -OCH3 is 2. The maximum absolute atomic E-state index is 11.7. The monoisotopic (exact) mass is 252 g/mol. The molecule has 0 aliphatic carbocycles. The fourth-order valence-corrected chi connectivity index (χ4v) is 1.72. The number of rotatable bonds is 3. The lowest BCUT2D eigenvalue weighted by Crippen LogP contribution is -2.25. The average Bonchev–Trinajstić information content (AvgIpc) is 2.36. The number of carbonyl (C=O) groups excluding carboxylic acids is 2. The van der Waals surface area contributed by atoms with Crippen LogP contribution >= 0.6 is 0 Å². The smallest absolute Gasteiger partial charge is 0.344 e. The zero-order valence-electron chi connectivity index (χ0n) is 11.3. The quantitative estimate of drug-likeness (QED) is 0.765. The second-order valence-corrected chi connectivity index (χ2v) is 4.27. The van der Waals surface area contributed by atoms with E-state index in [4.69, 9.17) is 4.74 Å². The summed E-state index contributed by atoms with van der Waals surface area (Å²) >= 11 is 0. The number of nitrogens with one attached hydrogen (secondary N) is 1. The maximum Gasteiger partial charge on any atom is 0.344 e. The molecule has 0 atom stereocenters. The number of esters is 2. The summed E-state index contributed by atoms with van der Waals surface area (Å²) in [6, 6.07) is 1.51. The van der Waals surface area contributed by atoms with Crippen molar-refractivity contribution in [3.8, 4) is 0 Å². The van der Waals surface area contributed by atoms with Crippen molar-refractivity contribution in [3.05, 3.63) is 28.6 Å². The second-order valence-electron chi connectivity index (χ2n) is 4.27. The van der Waals surface area contributed by atoms with Gasteiger partial charge in [0.15, 0.2) is 11.4 Å². The zero-order valence-corrected chi connectivity index (χ0v) is 11.3. The fraction of sp³-hybridized carbons (Fsp3) is 0.462. The first kappa shape index (κ1) is 14.2. The van der Waals surface area contributed by atoms with E-state index in [0.29, 0.717) is 16.8 Å². The van der Waals surface area contributed by atoms with Crippen molar-refractivity contribution in [3.63, 3.8) is 0 Å². The molecule has 0 amide bonds. The van der Waals surface area contributed by atoms with Crippen molar-refractivity contribution >= 4 is 11.9 Å². The lowest BCUT2D eigenvalue weighted by atomic mass is 10.0. The van der Waals surface area contributed by atoms with E-state index in [2.05, 4.69) is 9.72 Å². The molecule has 0 spiro atoms. The summed E-state index contributed by atoms with van der Waals surface area (Å²) in [6.07, 6.45) is 0. The molecule has 0 saturated heterocycles. The molecule has 0 aliphatic heterocycles. The predicted octanol–water partition coefficient (Wildman–Crippen LogP) is 1.51. The third kappa shape index (κ3) is 2.67. The van der Waals surface area contributed by atoms with E-state index >= 15 is 0 Å². The van der Waals surface area contributed by atoms with Gasteiger partial charge in [0.1, 0.15) is 11.1 Å². The summed E-state index contributed by atoms with van der Waals surface area (Å²) in [5, 5.41) is 0. The SMILES string of the molecule is COC(=O)c1cc(C(=O)OC)c(C(C)C)[nH+]c1C. The lowest BCUT2D eigenvalue weighted by Gasteiger charge is -2.08. The molecule has 1 rings (SSSR count). The van der Waals surface area contributed by atoms with Crippen LogP contribution in [0, 0.1) is 6.92 Å². The van der Waals surface area contributed by atoms with E-state index in [1.54, 1.807) is 6.92 Å². The predicted molar refractivity (Wildman–Crippen MR) is 64.5 cm³/mol. The molecule has 0 radical (unpaired) electrons. The molecular formula is C13H18NO4+. The highest BCUT2D eigenvalue weighted by molar-refractivity contribution is 5.96. The number of pyridine rings is 1. The number of carbonyl (C=O) groups is 2. The van der Waals surface area contributed by atoms with Gasteiger partial charge in [0, 0.05) is 12.8 Å². The molecule has 1 heterocycles. The summed E-state index contributed by atoms with van der Waals surface area (Å²) in [6.45, 7) is 5.67. The molecule has 0 fully saturated rings. The van der Waals surface area contributed by atoms with Gasteiger partial charge in [0.2, 0.25) is 0 Å². The van der Waals surface area contributed by atoms with Gasteiger partial charge in [0.25, 0.3) is 0 Å². The molecule has 1 N–H and O–H groups in total. The van der Waals surface area contributed by atoms with Gasteiger partial charge in [0.05, 0.1) is 14.2 Å². The Labute approximate surface area is 106 Å². The van der Waals surface area contributed by atoms with Gasteiger partial charge in [-0.05, 0) is 6.07 Å². The standard InChI is InChI=1S/C13H17NO4/c1-7(2)11-10(13(16)18-5)6-9(8(3)14-11)12(15)17-4/h6-7H,1-5H3/p+1. The Bertz CT molecular complexity index is 480. The Hall–Kier alpha value is -1.91. The van der Waals surface area contributed by atoms with Gasteiger partial charge in [-0.15, -0.1) is 0 Å². The summed E-state index contributed by atoms with van der Waals surface area (Å²) in [4.78, 5) is 26.4. The van der Waals surface area contributed by atoms with Crippen LogP contribution in [0.1, 0.15) is 51.9 Å². The lowest BCUT2D eigenvalue weighted by molar-refractivity contribution is -0.402. The van der Waals surface area contributed by atoms with Gasteiger partial charge < -0.3 is 9.47 Å². The molecule has 5 heteroatoms.